The van der Waals surface area contributed by atoms with Crippen molar-refractivity contribution in [3.8, 4) is 22.3 Å². The van der Waals surface area contributed by atoms with Crippen molar-refractivity contribution in [1.29, 1.82) is 0 Å². The molecule has 0 saturated carbocycles. The van der Waals surface area contributed by atoms with Crippen molar-refractivity contribution in [2.45, 2.75) is 30.3 Å². The van der Waals surface area contributed by atoms with E-state index in [4.69, 9.17) is 21.3 Å². The molecule has 8 heteroatoms. The molecule has 41 heavy (non-hydrogen) atoms. The summed E-state index contributed by atoms with van der Waals surface area (Å²) in [7, 11) is 0. The average Bonchev–Trinajstić information content (AvgIpc) is 3.30. The largest absolute Gasteiger partial charge is 0.480 e. The minimum atomic E-state index is -2.26. The topological polar surface area (TPSA) is 153 Å². The van der Waals surface area contributed by atoms with Crippen LogP contribution in [0.4, 0.5) is 0 Å². The maximum Gasteiger partial charge on any atom is 0.338 e. The molecule has 0 bridgehead atoms. The molecule has 0 saturated heterocycles. The van der Waals surface area contributed by atoms with Gasteiger partial charge in [-0.2, -0.15) is 0 Å². The normalized spacial score (nSPS) is 14.4. The fourth-order valence-electron chi connectivity index (χ4n) is 5.27. The van der Waals surface area contributed by atoms with E-state index >= 15 is 0 Å². The van der Waals surface area contributed by atoms with E-state index in [-0.39, 0.29) is 25.4 Å². The molecular weight excluding hydrogens is 520 g/mol. The maximum absolute atomic E-state index is 13.2. The predicted octanol–water partition coefficient (Wildman–Crippen LogP) is 3.99. The van der Waals surface area contributed by atoms with Gasteiger partial charge in [-0.05, 0) is 50.9 Å². The number of fused-ring (bicyclic) bond motifs is 3. The lowest BCUT2D eigenvalue weighted by molar-refractivity contribution is -0.161. The second-order valence-corrected chi connectivity index (χ2v) is 10.3. The Morgan fingerprint density at radius 1 is 0.756 bits per heavy atom. The zero-order chi connectivity index (χ0) is 29.1. The van der Waals surface area contributed by atoms with Gasteiger partial charge in [0.2, 0.25) is 5.54 Å². The molecule has 2 atom stereocenters. The van der Waals surface area contributed by atoms with E-state index in [0.717, 1.165) is 38.9 Å². The Balaban J connectivity index is 1.27. The van der Waals surface area contributed by atoms with Gasteiger partial charge in [-0.1, -0.05) is 97.1 Å². The van der Waals surface area contributed by atoms with Gasteiger partial charge >= 0.3 is 17.9 Å². The Hall–Kier alpha value is -4.79. The number of aliphatic carboxylic acids is 2. The summed E-state index contributed by atoms with van der Waals surface area (Å²) >= 11 is 0. The van der Waals surface area contributed by atoms with Gasteiger partial charge in [0.05, 0.1) is 0 Å². The minimum absolute atomic E-state index is 0.0224. The number of nitrogens with two attached hydrogens (primary N) is 2. The SMILES string of the molecule is N[C@@H](Cc1ccc(-c2ccc(C[C@](N)(C(=O)O)C(=O)OCC3c4ccccc4-c4ccccc43)cc2)cc1)C(=O)O. The number of carbonyl (C=O) groups excluding carboxylic acids is 1. The lowest BCUT2D eigenvalue weighted by Crippen LogP contribution is -2.57. The monoisotopic (exact) mass is 550 g/mol. The summed E-state index contributed by atoms with van der Waals surface area (Å²) in [6, 6.07) is 29.3. The van der Waals surface area contributed by atoms with Crippen LogP contribution in [-0.4, -0.2) is 46.3 Å². The fourth-order valence-corrected chi connectivity index (χ4v) is 5.27. The van der Waals surface area contributed by atoms with Crippen LogP contribution in [0.15, 0.2) is 97.1 Å². The quantitative estimate of drug-likeness (QED) is 0.171. The average molecular weight is 551 g/mol. The molecule has 0 fully saturated rings. The van der Waals surface area contributed by atoms with Crippen LogP contribution in [0.25, 0.3) is 22.3 Å². The van der Waals surface area contributed by atoms with E-state index in [1.165, 1.54) is 0 Å². The highest BCUT2D eigenvalue weighted by atomic mass is 16.5. The highest BCUT2D eigenvalue weighted by molar-refractivity contribution is 6.04. The second kappa shape index (κ2) is 11.4. The lowest BCUT2D eigenvalue weighted by Gasteiger charge is -2.24. The molecule has 4 aromatic carbocycles. The number of carbonyl (C=O) groups is 3. The van der Waals surface area contributed by atoms with Crippen LogP contribution in [0, 0.1) is 0 Å². The molecule has 0 spiro atoms. The minimum Gasteiger partial charge on any atom is -0.480 e. The number of benzene rings is 4. The summed E-state index contributed by atoms with van der Waals surface area (Å²) in [5.41, 5.74) is 16.8. The number of carboxylic acids is 2. The summed E-state index contributed by atoms with van der Waals surface area (Å²) in [6.07, 6.45) is -0.0243. The zero-order valence-corrected chi connectivity index (χ0v) is 22.2. The first-order valence-corrected chi connectivity index (χ1v) is 13.2. The van der Waals surface area contributed by atoms with Gasteiger partial charge in [-0.25, -0.2) is 9.59 Å². The fraction of sp³-hybridized carbons (Fsp3) is 0.182. The van der Waals surface area contributed by atoms with Crippen LogP contribution >= 0.6 is 0 Å². The van der Waals surface area contributed by atoms with Crippen molar-refractivity contribution in [2.75, 3.05) is 6.61 Å². The van der Waals surface area contributed by atoms with Crippen molar-refractivity contribution in [3.63, 3.8) is 0 Å². The van der Waals surface area contributed by atoms with Crippen molar-refractivity contribution in [1.82, 2.24) is 0 Å². The third-order valence-electron chi connectivity index (χ3n) is 7.59. The number of hydrogen-bond donors (Lipinski definition) is 4. The summed E-state index contributed by atoms with van der Waals surface area (Å²) in [5, 5.41) is 19.0. The van der Waals surface area contributed by atoms with Gasteiger partial charge in [-0.15, -0.1) is 0 Å². The number of hydrogen-bond acceptors (Lipinski definition) is 6. The maximum atomic E-state index is 13.2. The van der Waals surface area contributed by atoms with E-state index in [2.05, 4.69) is 0 Å². The molecule has 0 aromatic heterocycles. The van der Waals surface area contributed by atoms with Gasteiger partial charge < -0.3 is 26.4 Å². The molecule has 0 aliphatic heterocycles. The van der Waals surface area contributed by atoms with Crippen molar-refractivity contribution >= 4 is 17.9 Å². The first kappa shape index (κ1) is 27.8. The Labute approximate surface area is 237 Å². The molecule has 0 amide bonds. The lowest BCUT2D eigenvalue weighted by atomic mass is 9.90. The smallest absolute Gasteiger partial charge is 0.338 e. The summed E-state index contributed by atoms with van der Waals surface area (Å²) < 4.78 is 5.59. The molecule has 0 unspecified atom stereocenters. The highest BCUT2D eigenvalue weighted by Crippen LogP contribution is 2.44. The van der Waals surface area contributed by atoms with Crippen LogP contribution in [0.3, 0.4) is 0 Å². The van der Waals surface area contributed by atoms with Gasteiger partial charge in [0.25, 0.3) is 0 Å². The number of esters is 1. The Morgan fingerprint density at radius 3 is 1.73 bits per heavy atom. The number of carboxylic acid groups (broad SMARTS) is 2. The van der Waals surface area contributed by atoms with Crippen LogP contribution in [0.2, 0.25) is 0 Å². The Morgan fingerprint density at radius 2 is 1.24 bits per heavy atom. The van der Waals surface area contributed by atoms with Crippen LogP contribution in [-0.2, 0) is 32.0 Å². The van der Waals surface area contributed by atoms with E-state index < -0.39 is 29.5 Å². The summed E-state index contributed by atoms with van der Waals surface area (Å²) in [6.45, 7) is -0.0224. The third kappa shape index (κ3) is 5.61. The van der Waals surface area contributed by atoms with Crippen LogP contribution in [0.5, 0.6) is 0 Å². The van der Waals surface area contributed by atoms with Gasteiger partial charge in [0.1, 0.15) is 12.6 Å². The zero-order valence-electron chi connectivity index (χ0n) is 22.2. The Kier molecular flexibility index (Phi) is 7.70. The summed E-state index contributed by atoms with van der Waals surface area (Å²) in [4.78, 5) is 36.4. The molecular formula is C33H30N2O6. The molecule has 0 radical (unpaired) electrons. The van der Waals surface area contributed by atoms with Gasteiger partial charge in [0, 0.05) is 12.3 Å². The molecule has 208 valence electrons. The molecule has 1 aliphatic carbocycles. The summed E-state index contributed by atoms with van der Waals surface area (Å²) in [5.74, 6) is -3.73. The predicted molar refractivity (Wildman–Crippen MR) is 154 cm³/mol. The van der Waals surface area contributed by atoms with E-state index in [1.54, 1.807) is 12.1 Å². The first-order chi connectivity index (χ1) is 19.7. The molecule has 0 heterocycles. The highest BCUT2D eigenvalue weighted by Gasteiger charge is 2.45. The van der Waals surface area contributed by atoms with Gasteiger partial charge in [-0.3, -0.25) is 4.79 Å². The van der Waals surface area contributed by atoms with Crippen LogP contribution < -0.4 is 11.5 Å². The number of rotatable bonds is 10. The van der Waals surface area contributed by atoms with Crippen molar-refractivity contribution < 1.29 is 29.3 Å². The van der Waals surface area contributed by atoms with Gasteiger partial charge in [0.15, 0.2) is 0 Å². The van der Waals surface area contributed by atoms with E-state index in [1.807, 2.05) is 84.9 Å². The number of ether oxygens (including phenoxy) is 1. The molecule has 6 N–H and O–H groups in total. The van der Waals surface area contributed by atoms with E-state index in [9.17, 15) is 19.5 Å². The molecule has 5 rings (SSSR count). The third-order valence-corrected chi connectivity index (χ3v) is 7.59. The van der Waals surface area contributed by atoms with Crippen LogP contribution in [0.1, 0.15) is 28.2 Å². The molecule has 4 aromatic rings. The standard InChI is InChI=1S/C33H30N2O6/c34-29(30(36)37)17-20-9-13-22(14-10-20)23-15-11-21(12-16-23)18-33(35,31(38)39)32(40)41-19-28-26-7-3-1-5-24(26)25-6-2-4-8-27(25)28/h1-16,28-29H,17-19,34-35H2,(H,36,37)(H,38,39)/t29-,33-/m0/s1. The molecule has 1 aliphatic rings. The molecule has 8 nitrogen and oxygen atoms in total. The van der Waals surface area contributed by atoms with Crippen molar-refractivity contribution in [3.05, 3.63) is 119 Å². The second-order valence-electron chi connectivity index (χ2n) is 10.3. The van der Waals surface area contributed by atoms with Crippen molar-refractivity contribution in [2.24, 2.45) is 11.5 Å². The first-order valence-electron chi connectivity index (χ1n) is 13.2. The van der Waals surface area contributed by atoms with E-state index in [0.29, 0.717) is 5.56 Å². The Bertz CT molecular complexity index is 1550.